The molecule has 0 saturated carbocycles. The number of amides is 1. The number of hydrogen-bond acceptors (Lipinski definition) is 5. The van der Waals surface area contributed by atoms with Gasteiger partial charge in [0.05, 0.1) is 0 Å². The zero-order valence-electron chi connectivity index (χ0n) is 12.0. The van der Waals surface area contributed by atoms with Crippen molar-refractivity contribution in [2.45, 2.75) is 25.8 Å². The monoisotopic (exact) mass is 302 g/mol. The van der Waals surface area contributed by atoms with Crippen LogP contribution >= 0.6 is 11.3 Å². The van der Waals surface area contributed by atoms with Gasteiger partial charge in [0.25, 0.3) is 5.91 Å². The van der Waals surface area contributed by atoms with Crippen LogP contribution in [0.5, 0.6) is 0 Å². The second kappa shape index (κ2) is 6.22. The predicted molar refractivity (Wildman–Crippen MR) is 83.6 cm³/mol. The lowest BCUT2D eigenvalue weighted by molar-refractivity contribution is 0.0713. The molecule has 3 rings (SSSR count). The Morgan fingerprint density at radius 3 is 2.86 bits per heavy atom. The lowest BCUT2D eigenvalue weighted by atomic mass is 10.1. The molecule has 0 spiro atoms. The average molecular weight is 302 g/mol. The number of nitrogens with one attached hydrogen (secondary N) is 1. The summed E-state index contributed by atoms with van der Waals surface area (Å²) >= 11 is 1.36. The van der Waals surface area contributed by atoms with E-state index in [1.165, 1.54) is 11.3 Å². The summed E-state index contributed by atoms with van der Waals surface area (Å²) in [5.74, 6) is 0.000150. The van der Waals surface area contributed by atoms with Crippen molar-refractivity contribution in [2.24, 2.45) is 0 Å². The lowest BCUT2D eigenvalue weighted by Gasteiger charge is -2.33. The highest BCUT2D eigenvalue weighted by atomic mass is 32.1. The molecule has 1 aromatic heterocycles. The minimum absolute atomic E-state index is 0.000150. The summed E-state index contributed by atoms with van der Waals surface area (Å²) in [6, 6.07) is 10.4. The summed E-state index contributed by atoms with van der Waals surface area (Å²) in [4.78, 5) is 14.3. The number of aryl methyl sites for hydroxylation is 1. The Morgan fingerprint density at radius 2 is 2.14 bits per heavy atom. The van der Waals surface area contributed by atoms with Crippen molar-refractivity contribution in [1.82, 2.24) is 15.1 Å². The Hall–Kier alpha value is -1.95. The average Bonchev–Trinajstić information content (AvgIpc) is 2.94. The first-order chi connectivity index (χ1) is 10.2. The number of anilines is 1. The normalized spacial score (nSPS) is 18.5. The van der Waals surface area contributed by atoms with Crippen LogP contribution in [-0.4, -0.2) is 40.1 Å². The molecule has 1 aliphatic heterocycles. The van der Waals surface area contributed by atoms with Crippen LogP contribution in [0.15, 0.2) is 30.3 Å². The van der Waals surface area contributed by atoms with E-state index in [1.807, 2.05) is 30.0 Å². The van der Waals surface area contributed by atoms with Crippen LogP contribution < -0.4 is 5.32 Å². The van der Waals surface area contributed by atoms with Crippen molar-refractivity contribution in [2.75, 3.05) is 18.4 Å². The molecule has 0 bridgehead atoms. The van der Waals surface area contributed by atoms with Gasteiger partial charge in [0, 0.05) is 24.8 Å². The predicted octanol–water partition coefficient (Wildman–Crippen LogP) is 2.56. The molecule has 1 amide bonds. The molecule has 21 heavy (non-hydrogen) atoms. The maximum absolute atomic E-state index is 12.4. The van der Waals surface area contributed by atoms with Gasteiger partial charge in [0.2, 0.25) is 5.01 Å². The summed E-state index contributed by atoms with van der Waals surface area (Å²) in [5, 5.41) is 12.7. The number of hydrogen-bond donors (Lipinski definition) is 1. The highest BCUT2D eigenvalue weighted by molar-refractivity contribution is 7.13. The van der Waals surface area contributed by atoms with Crippen LogP contribution in [0.1, 0.15) is 27.7 Å². The third-order valence-electron chi connectivity index (χ3n) is 3.56. The second-order valence-corrected chi connectivity index (χ2v) is 6.41. The summed E-state index contributed by atoms with van der Waals surface area (Å²) < 4.78 is 0. The van der Waals surface area contributed by atoms with Gasteiger partial charge in [-0.05, 0) is 31.9 Å². The van der Waals surface area contributed by atoms with Crippen molar-refractivity contribution < 1.29 is 4.79 Å². The minimum Gasteiger partial charge on any atom is -0.381 e. The summed E-state index contributed by atoms with van der Waals surface area (Å²) in [6.45, 7) is 3.38. The maximum atomic E-state index is 12.4. The van der Waals surface area contributed by atoms with Gasteiger partial charge in [0.1, 0.15) is 5.01 Å². The highest BCUT2D eigenvalue weighted by Gasteiger charge is 2.26. The number of rotatable bonds is 3. The SMILES string of the molecule is Cc1nnc(C(=O)N2CCCC(Nc3ccccc3)C2)s1. The molecule has 1 unspecified atom stereocenters. The molecule has 1 aromatic carbocycles. The Morgan fingerprint density at radius 1 is 1.33 bits per heavy atom. The van der Waals surface area contributed by atoms with Crippen molar-refractivity contribution in [1.29, 1.82) is 0 Å². The molecule has 2 heterocycles. The van der Waals surface area contributed by atoms with Crippen LogP contribution in [0.2, 0.25) is 0 Å². The zero-order chi connectivity index (χ0) is 14.7. The molecule has 0 radical (unpaired) electrons. The van der Waals surface area contributed by atoms with E-state index in [0.717, 1.165) is 30.1 Å². The summed E-state index contributed by atoms with van der Waals surface area (Å²) in [6.07, 6.45) is 2.09. The highest BCUT2D eigenvalue weighted by Crippen LogP contribution is 2.19. The van der Waals surface area contributed by atoms with Crippen LogP contribution in [0.25, 0.3) is 0 Å². The van der Waals surface area contributed by atoms with Crippen LogP contribution in [0, 0.1) is 6.92 Å². The van der Waals surface area contributed by atoms with E-state index in [-0.39, 0.29) is 5.91 Å². The molecule has 6 heteroatoms. The van der Waals surface area contributed by atoms with E-state index in [9.17, 15) is 4.79 Å². The molecule has 1 N–H and O–H groups in total. The van der Waals surface area contributed by atoms with Gasteiger partial charge in [0.15, 0.2) is 0 Å². The van der Waals surface area contributed by atoms with Gasteiger partial charge in [-0.3, -0.25) is 4.79 Å². The summed E-state index contributed by atoms with van der Waals surface area (Å²) in [5.41, 5.74) is 1.10. The van der Waals surface area contributed by atoms with Crippen molar-refractivity contribution in [3.8, 4) is 0 Å². The number of piperidine rings is 1. The standard InChI is InChI=1S/C15H18N4OS/c1-11-17-18-14(21-11)15(20)19-9-5-8-13(10-19)16-12-6-3-2-4-7-12/h2-4,6-7,13,16H,5,8-10H2,1H3. The van der Waals surface area contributed by atoms with Gasteiger partial charge in [-0.25, -0.2) is 0 Å². The first kappa shape index (κ1) is 14.0. The van der Waals surface area contributed by atoms with Gasteiger partial charge < -0.3 is 10.2 Å². The molecule has 110 valence electrons. The lowest BCUT2D eigenvalue weighted by Crippen LogP contribution is -2.45. The number of likely N-dealkylation sites (tertiary alicyclic amines) is 1. The topological polar surface area (TPSA) is 58.1 Å². The molecule has 5 nitrogen and oxygen atoms in total. The Labute approximate surface area is 128 Å². The quantitative estimate of drug-likeness (QED) is 0.946. The van der Waals surface area contributed by atoms with Gasteiger partial charge in [-0.2, -0.15) is 0 Å². The number of nitrogens with zero attached hydrogens (tertiary/aromatic N) is 3. The minimum atomic E-state index is 0.000150. The molecule has 1 aliphatic rings. The maximum Gasteiger partial charge on any atom is 0.284 e. The molecule has 2 aromatic rings. The fourth-order valence-electron chi connectivity index (χ4n) is 2.57. The molecule has 1 fully saturated rings. The molecule has 1 saturated heterocycles. The Balaban J connectivity index is 1.64. The number of carbonyl (C=O) groups is 1. The van der Waals surface area contributed by atoms with E-state index in [0.29, 0.717) is 17.6 Å². The molecular formula is C15H18N4OS. The van der Waals surface area contributed by atoms with E-state index < -0.39 is 0 Å². The van der Waals surface area contributed by atoms with E-state index in [4.69, 9.17) is 0 Å². The number of carbonyl (C=O) groups excluding carboxylic acids is 1. The Kier molecular flexibility index (Phi) is 4.15. The molecule has 0 aliphatic carbocycles. The van der Waals surface area contributed by atoms with Crippen molar-refractivity contribution >= 4 is 22.9 Å². The number of benzene rings is 1. The molecular weight excluding hydrogens is 284 g/mol. The van der Waals surface area contributed by atoms with E-state index in [1.54, 1.807) is 0 Å². The second-order valence-electron chi connectivity index (χ2n) is 5.23. The smallest absolute Gasteiger partial charge is 0.284 e. The van der Waals surface area contributed by atoms with Crippen molar-refractivity contribution in [3.05, 3.63) is 40.3 Å². The first-order valence-electron chi connectivity index (χ1n) is 7.13. The largest absolute Gasteiger partial charge is 0.381 e. The van der Waals surface area contributed by atoms with E-state index >= 15 is 0 Å². The van der Waals surface area contributed by atoms with Gasteiger partial charge in [-0.15, -0.1) is 10.2 Å². The fraction of sp³-hybridized carbons (Fsp3) is 0.400. The number of aromatic nitrogens is 2. The first-order valence-corrected chi connectivity index (χ1v) is 7.95. The van der Waals surface area contributed by atoms with Crippen LogP contribution in [0.3, 0.4) is 0 Å². The summed E-state index contributed by atoms with van der Waals surface area (Å²) in [7, 11) is 0. The Bertz CT molecular complexity index is 613. The number of para-hydroxylation sites is 1. The van der Waals surface area contributed by atoms with E-state index in [2.05, 4.69) is 27.6 Å². The van der Waals surface area contributed by atoms with Gasteiger partial charge >= 0.3 is 0 Å². The van der Waals surface area contributed by atoms with Gasteiger partial charge in [-0.1, -0.05) is 29.5 Å². The third kappa shape index (κ3) is 3.39. The fourth-order valence-corrected chi connectivity index (χ4v) is 3.23. The molecule has 1 atom stereocenters. The van der Waals surface area contributed by atoms with Crippen molar-refractivity contribution in [3.63, 3.8) is 0 Å². The third-order valence-corrected chi connectivity index (χ3v) is 4.39. The van der Waals surface area contributed by atoms with Crippen LogP contribution in [0.4, 0.5) is 5.69 Å². The zero-order valence-corrected chi connectivity index (χ0v) is 12.8. The van der Waals surface area contributed by atoms with Crippen LogP contribution in [-0.2, 0) is 0 Å².